The summed E-state index contributed by atoms with van der Waals surface area (Å²) in [6, 6.07) is 11.5. The molecule has 0 aliphatic heterocycles. The lowest BCUT2D eigenvalue weighted by atomic mass is 9.97. The van der Waals surface area contributed by atoms with Gasteiger partial charge in [-0.3, -0.25) is 0 Å². The predicted octanol–water partition coefficient (Wildman–Crippen LogP) is 4.43. The predicted molar refractivity (Wildman–Crippen MR) is 89.6 cm³/mol. The van der Waals surface area contributed by atoms with Gasteiger partial charge >= 0.3 is 0 Å². The van der Waals surface area contributed by atoms with Crippen molar-refractivity contribution in [2.75, 3.05) is 21.3 Å². The van der Waals surface area contributed by atoms with Crippen molar-refractivity contribution in [1.29, 1.82) is 0 Å². The van der Waals surface area contributed by atoms with E-state index in [4.69, 9.17) is 21.1 Å². The highest BCUT2D eigenvalue weighted by Gasteiger charge is 2.20. The summed E-state index contributed by atoms with van der Waals surface area (Å²) in [5.41, 5.74) is 1.98. The fraction of sp³-hybridized carbons (Fsp3) is 0.250. The van der Waals surface area contributed by atoms with Crippen LogP contribution in [0.25, 0.3) is 0 Å². The van der Waals surface area contributed by atoms with Crippen LogP contribution >= 0.6 is 27.5 Å². The molecule has 0 bridgehead atoms. The average molecular weight is 371 g/mol. The van der Waals surface area contributed by atoms with Gasteiger partial charge in [0.15, 0.2) is 0 Å². The van der Waals surface area contributed by atoms with Gasteiger partial charge in [0.1, 0.15) is 11.5 Å². The maximum absolute atomic E-state index is 6.14. The molecular weight excluding hydrogens is 354 g/mol. The highest BCUT2D eigenvalue weighted by atomic mass is 79.9. The van der Waals surface area contributed by atoms with Crippen LogP contribution in [0.4, 0.5) is 0 Å². The molecule has 0 aromatic heterocycles. The van der Waals surface area contributed by atoms with Gasteiger partial charge in [-0.25, -0.2) is 0 Å². The molecule has 5 heteroatoms. The molecule has 3 nitrogen and oxygen atoms in total. The minimum atomic E-state index is -0.0818. The second-order valence-electron chi connectivity index (χ2n) is 4.49. The van der Waals surface area contributed by atoms with Crippen LogP contribution in [0.5, 0.6) is 11.5 Å². The van der Waals surface area contributed by atoms with Gasteiger partial charge in [-0.05, 0) is 37.4 Å². The highest BCUT2D eigenvalue weighted by molar-refractivity contribution is 9.10. The molecule has 1 unspecified atom stereocenters. The zero-order valence-corrected chi connectivity index (χ0v) is 14.5. The van der Waals surface area contributed by atoms with Crippen LogP contribution in [0.2, 0.25) is 5.02 Å². The quantitative estimate of drug-likeness (QED) is 0.844. The summed E-state index contributed by atoms with van der Waals surface area (Å²) < 4.78 is 11.9. The number of benzene rings is 2. The lowest BCUT2D eigenvalue weighted by Crippen LogP contribution is -2.19. The molecule has 0 aliphatic rings. The minimum Gasteiger partial charge on any atom is -0.496 e. The zero-order valence-electron chi connectivity index (χ0n) is 12.1. The monoisotopic (exact) mass is 369 g/mol. The van der Waals surface area contributed by atoms with Crippen LogP contribution in [-0.2, 0) is 0 Å². The second kappa shape index (κ2) is 7.16. The standard InChI is InChI=1S/C16H17BrClNO2/c1-19-16(12-6-4-10(17)8-15(12)21-3)13-9-11(18)5-7-14(13)20-2/h4-9,16,19H,1-3H3. The van der Waals surface area contributed by atoms with E-state index in [-0.39, 0.29) is 6.04 Å². The Bertz CT molecular complexity index is 634. The Kier molecular flexibility index (Phi) is 5.51. The number of nitrogens with one attached hydrogen (secondary N) is 1. The van der Waals surface area contributed by atoms with E-state index in [1.807, 2.05) is 43.4 Å². The van der Waals surface area contributed by atoms with Gasteiger partial charge in [0.25, 0.3) is 0 Å². The van der Waals surface area contributed by atoms with Crippen molar-refractivity contribution in [2.45, 2.75) is 6.04 Å². The van der Waals surface area contributed by atoms with E-state index in [0.29, 0.717) is 5.02 Å². The average Bonchev–Trinajstić information content (AvgIpc) is 2.49. The summed E-state index contributed by atoms with van der Waals surface area (Å²) in [6.07, 6.45) is 0. The van der Waals surface area contributed by atoms with Crippen molar-refractivity contribution in [2.24, 2.45) is 0 Å². The fourth-order valence-electron chi connectivity index (χ4n) is 2.33. The van der Waals surface area contributed by atoms with Crippen LogP contribution in [0.15, 0.2) is 40.9 Å². The van der Waals surface area contributed by atoms with E-state index in [0.717, 1.165) is 27.1 Å². The summed E-state index contributed by atoms with van der Waals surface area (Å²) in [4.78, 5) is 0. The third-order valence-electron chi connectivity index (χ3n) is 3.30. The molecule has 0 radical (unpaired) electrons. The number of hydrogen-bond acceptors (Lipinski definition) is 3. The highest BCUT2D eigenvalue weighted by Crippen LogP contribution is 2.37. The first-order chi connectivity index (χ1) is 10.1. The normalized spacial score (nSPS) is 12.0. The molecular formula is C16H17BrClNO2. The van der Waals surface area contributed by atoms with E-state index < -0.39 is 0 Å². The Morgan fingerprint density at radius 2 is 1.71 bits per heavy atom. The molecule has 2 aromatic rings. The van der Waals surface area contributed by atoms with E-state index in [1.54, 1.807) is 14.2 Å². The number of rotatable bonds is 5. The van der Waals surface area contributed by atoms with Crippen molar-refractivity contribution in [3.05, 3.63) is 57.0 Å². The van der Waals surface area contributed by atoms with Crippen LogP contribution in [-0.4, -0.2) is 21.3 Å². The van der Waals surface area contributed by atoms with Gasteiger partial charge in [-0.15, -0.1) is 0 Å². The molecule has 21 heavy (non-hydrogen) atoms. The largest absolute Gasteiger partial charge is 0.496 e. The van der Waals surface area contributed by atoms with Gasteiger partial charge in [-0.1, -0.05) is 33.6 Å². The van der Waals surface area contributed by atoms with Crippen LogP contribution in [0, 0.1) is 0 Å². The van der Waals surface area contributed by atoms with Crippen molar-refractivity contribution in [1.82, 2.24) is 5.32 Å². The Balaban J connectivity index is 2.57. The van der Waals surface area contributed by atoms with Gasteiger partial charge in [0.2, 0.25) is 0 Å². The van der Waals surface area contributed by atoms with E-state index in [9.17, 15) is 0 Å². The lowest BCUT2D eigenvalue weighted by Gasteiger charge is -2.22. The van der Waals surface area contributed by atoms with E-state index in [2.05, 4.69) is 21.2 Å². The lowest BCUT2D eigenvalue weighted by molar-refractivity contribution is 0.396. The molecule has 2 aromatic carbocycles. The molecule has 0 aliphatic carbocycles. The van der Waals surface area contributed by atoms with Crippen molar-refractivity contribution in [3.8, 4) is 11.5 Å². The number of halogens is 2. The zero-order chi connectivity index (χ0) is 15.4. The molecule has 0 amide bonds. The van der Waals surface area contributed by atoms with Crippen LogP contribution < -0.4 is 14.8 Å². The first kappa shape index (κ1) is 16.1. The molecule has 112 valence electrons. The van der Waals surface area contributed by atoms with Gasteiger partial charge in [0, 0.05) is 20.6 Å². The molecule has 0 saturated carbocycles. The summed E-state index contributed by atoms with van der Waals surface area (Å²) in [5.74, 6) is 1.58. The minimum absolute atomic E-state index is 0.0818. The summed E-state index contributed by atoms with van der Waals surface area (Å²) in [5, 5.41) is 3.97. The number of ether oxygens (including phenoxy) is 2. The van der Waals surface area contributed by atoms with Gasteiger partial charge in [-0.2, -0.15) is 0 Å². The second-order valence-corrected chi connectivity index (χ2v) is 5.85. The van der Waals surface area contributed by atoms with Gasteiger partial charge in [0.05, 0.1) is 20.3 Å². The summed E-state index contributed by atoms with van der Waals surface area (Å²) in [6.45, 7) is 0. The topological polar surface area (TPSA) is 30.5 Å². The Hall–Kier alpha value is -1.23. The molecule has 2 rings (SSSR count). The van der Waals surface area contributed by atoms with E-state index >= 15 is 0 Å². The number of hydrogen-bond donors (Lipinski definition) is 1. The first-order valence-electron chi connectivity index (χ1n) is 6.44. The maximum Gasteiger partial charge on any atom is 0.125 e. The van der Waals surface area contributed by atoms with Crippen molar-refractivity contribution >= 4 is 27.5 Å². The van der Waals surface area contributed by atoms with Crippen LogP contribution in [0.1, 0.15) is 17.2 Å². The third-order valence-corrected chi connectivity index (χ3v) is 4.03. The summed E-state index contributed by atoms with van der Waals surface area (Å²) >= 11 is 9.60. The molecule has 0 spiro atoms. The van der Waals surface area contributed by atoms with Crippen molar-refractivity contribution < 1.29 is 9.47 Å². The van der Waals surface area contributed by atoms with E-state index in [1.165, 1.54) is 0 Å². The molecule has 1 atom stereocenters. The molecule has 1 N–H and O–H groups in total. The molecule has 0 saturated heterocycles. The summed E-state index contributed by atoms with van der Waals surface area (Å²) in [7, 11) is 5.21. The SMILES string of the molecule is CNC(c1ccc(Br)cc1OC)c1cc(Cl)ccc1OC. The Morgan fingerprint density at radius 3 is 2.33 bits per heavy atom. The maximum atomic E-state index is 6.14. The Morgan fingerprint density at radius 1 is 1.00 bits per heavy atom. The molecule has 0 fully saturated rings. The molecule has 0 heterocycles. The fourth-order valence-corrected chi connectivity index (χ4v) is 2.85. The van der Waals surface area contributed by atoms with Gasteiger partial charge < -0.3 is 14.8 Å². The van der Waals surface area contributed by atoms with Crippen LogP contribution in [0.3, 0.4) is 0 Å². The Labute approximate surface area is 138 Å². The smallest absolute Gasteiger partial charge is 0.125 e. The third kappa shape index (κ3) is 3.51. The number of methoxy groups -OCH3 is 2. The first-order valence-corrected chi connectivity index (χ1v) is 7.62. The van der Waals surface area contributed by atoms with Crippen molar-refractivity contribution in [3.63, 3.8) is 0 Å².